The predicted octanol–water partition coefficient (Wildman–Crippen LogP) is 1.76. The molecule has 0 aliphatic carbocycles. The number of nitrogens with zero attached hydrogens (tertiary/aromatic N) is 1. The number of hydrogen-bond acceptors (Lipinski definition) is 5. The summed E-state index contributed by atoms with van der Waals surface area (Å²) in [5.41, 5.74) is 0. The summed E-state index contributed by atoms with van der Waals surface area (Å²) in [6, 6.07) is 1.69. The number of rotatable bonds is 2. The van der Waals surface area contributed by atoms with Gasteiger partial charge in [-0.05, 0) is 23.7 Å². The monoisotopic (exact) mass is 245 g/mol. The topological polar surface area (TPSA) is 38.8 Å². The molecule has 15 heavy (non-hydrogen) atoms. The van der Waals surface area contributed by atoms with E-state index in [1.807, 2.05) is 0 Å². The average Bonchev–Trinajstić information content (AvgIpc) is 2.64. The SMILES string of the molecule is COC(=O)c1sccc1OC(=S)N(C)C. The van der Waals surface area contributed by atoms with Crippen molar-refractivity contribution < 1.29 is 14.3 Å². The summed E-state index contributed by atoms with van der Waals surface area (Å²) in [6.07, 6.45) is 0. The van der Waals surface area contributed by atoms with Gasteiger partial charge in [0.05, 0.1) is 7.11 Å². The zero-order valence-electron chi connectivity index (χ0n) is 8.64. The van der Waals surface area contributed by atoms with E-state index in [4.69, 9.17) is 17.0 Å². The number of carbonyl (C=O) groups excluding carboxylic acids is 1. The number of carbonyl (C=O) groups is 1. The molecule has 0 unspecified atom stereocenters. The van der Waals surface area contributed by atoms with Gasteiger partial charge in [0.25, 0.3) is 5.17 Å². The molecule has 6 heteroatoms. The van der Waals surface area contributed by atoms with E-state index in [9.17, 15) is 4.79 Å². The van der Waals surface area contributed by atoms with Gasteiger partial charge >= 0.3 is 5.97 Å². The van der Waals surface area contributed by atoms with E-state index in [1.54, 1.807) is 30.4 Å². The molecule has 1 rings (SSSR count). The third-order valence-electron chi connectivity index (χ3n) is 1.56. The van der Waals surface area contributed by atoms with E-state index in [-0.39, 0.29) is 0 Å². The van der Waals surface area contributed by atoms with Crippen LogP contribution in [0, 0.1) is 0 Å². The highest BCUT2D eigenvalue weighted by molar-refractivity contribution is 7.80. The van der Waals surface area contributed by atoms with Crippen molar-refractivity contribution in [3.05, 3.63) is 16.3 Å². The second-order valence-electron chi connectivity index (χ2n) is 2.87. The van der Waals surface area contributed by atoms with Gasteiger partial charge in [0.15, 0.2) is 10.6 Å². The summed E-state index contributed by atoms with van der Waals surface area (Å²) in [6.45, 7) is 0. The van der Waals surface area contributed by atoms with Crippen LogP contribution in [0.5, 0.6) is 5.75 Å². The van der Waals surface area contributed by atoms with E-state index in [1.165, 1.54) is 18.4 Å². The smallest absolute Gasteiger partial charge is 0.351 e. The lowest BCUT2D eigenvalue weighted by molar-refractivity contribution is 0.0604. The molecule has 0 atom stereocenters. The second kappa shape index (κ2) is 5.09. The summed E-state index contributed by atoms with van der Waals surface area (Å²) in [5, 5.41) is 2.05. The lowest BCUT2D eigenvalue weighted by Crippen LogP contribution is -2.25. The summed E-state index contributed by atoms with van der Waals surface area (Å²) in [7, 11) is 4.87. The Morgan fingerprint density at radius 1 is 1.53 bits per heavy atom. The van der Waals surface area contributed by atoms with Gasteiger partial charge in [0.2, 0.25) is 0 Å². The zero-order valence-corrected chi connectivity index (χ0v) is 10.3. The molecule has 1 heterocycles. The maximum absolute atomic E-state index is 11.3. The van der Waals surface area contributed by atoms with E-state index in [0.29, 0.717) is 15.8 Å². The molecule has 1 aromatic heterocycles. The first kappa shape index (κ1) is 11.9. The second-order valence-corrected chi connectivity index (χ2v) is 4.13. The van der Waals surface area contributed by atoms with E-state index in [0.717, 1.165) is 0 Å². The quantitative estimate of drug-likeness (QED) is 0.586. The van der Waals surface area contributed by atoms with Crippen LogP contribution in [0.15, 0.2) is 11.4 Å². The molecular weight excluding hydrogens is 234 g/mol. The third-order valence-corrected chi connectivity index (χ3v) is 2.89. The molecule has 0 aliphatic heterocycles. The van der Waals surface area contributed by atoms with Gasteiger partial charge in [-0.2, -0.15) is 0 Å². The average molecular weight is 245 g/mol. The molecule has 1 aromatic rings. The normalized spacial score (nSPS) is 9.53. The Hall–Kier alpha value is -1.14. The van der Waals surface area contributed by atoms with Crippen molar-refractivity contribution in [2.45, 2.75) is 0 Å². The first-order chi connectivity index (χ1) is 7.06. The van der Waals surface area contributed by atoms with E-state index < -0.39 is 5.97 Å². The number of hydrogen-bond donors (Lipinski definition) is 0. The molecule has 0 fully saturated rings. The summed E-state index contributed by atoms with van der Waals surface area (Å²) < 4.78 is 9.95. The minimum atomic E-state index is -0.415. The molecule has 0 bridgehead atoms. The standard InChI is InChI=1S/C9H11NO3S2/c1-10(2)9(14)13-6-4-5-15-7(6)8(11)12-3/h4-5H,1-3H3. The van der Waals surface area contributed by atoms with Crippen molar-refractivity contribution in [3.8, 4) is 5.75 Å². The van der Waals surface area contributed by atoms with Crippen molar-refractivity contribution in [3.63, 3.8) is 0 Å². The fourth-order valence-corrected chi connectivity index (χ4v) is 1.63. The van der Waals surface area contributed by atoms with Crippen LogP contribution in [-0.2, 0) is 4.74 Å². The van der Waals surface area contributed by atoms with Crippen molar-refractivity contribution in [2.75, 3.05) is 21.2 Å². The molecular formula is C9H11NO3S2. The molecule has 4 nitrogen and oxygen atoms in total. The van der Waals surface area contributed by atoms with Gasteiger partial charge in [-0.25, -0.2) is 4.79 Å². The molecule has 0 N–H and O–H groups in total. The lowest BCUT2D eigenvalue weighted by atomic mass is 10.4. The largest absolute Gasteiger partial charge is 0.465 e. The number of thiophene rings is 1. The number of methoxy groups -OCH3 is 1. The first-order valence-electron chi connectivity index (χ1n) is 4.11. The van der Waals surface area contributed by atoms with Crippen LogP contribution in [0.2, 0.25) is 0 Å². The Balaban J connectivity index is 2.82. The number of thiocarbonyl (C=S) groups is 1. The molecule has 0 aliphatic rings. The molecule has 0 saturated carbocycles. The Morgan fingerprint density at radius 2 is 2.20 bits per heavy atom. The maximum atomic E-state index is 11.3. The van der Waals surface area contributed by atoms with E-state index >= 15 is 0 Å². The highest BCUT2D eigenvalue weighted by Gasteiger charge is 2.16. The fourth-order valence-electron chi connectivity index (χ4n) is 0.805. The highest BCUT2D eigenvalue weighted by atomic mass is 32.1. The Morgan fingerprint density at radius 3 is 2.73 bits per heavy atom. The van der Waals surface area contributed by atoms with Crippen molar-refractivity contribution >= 4 is 34.7 Å². The van der Waals surface area contributed by atoms with Gasteiger partial charge in [0, 0.05) is 14.1 Å². The van der Waals surface area contributed by atoms with Crippen molar-refractivity contribution in [1.29, 1.82) is 0 Å². The van der Waals surface area contributed by atoms with Crippen LogP contribution in [0.1, 0.15) is 9.67 Å². The van der Waals surface area contributed by atoms with E-state index in [2.05, 4.69) is 4.74 Å². The van der Waals surface area contributed by atoms with Crippen LogP contribution >= 0.6 is 23.6 Å². The van der Waals surface area contributed by atoms with Crippen LogP contribution < -0.4 is 4.74 Å². The molecule has 0 amide bonds. The summed E-state index contributed by atoms with van der Waals surface area (Å²) in [4.78, 5) is 13.4. The van der Waals surface area contributed by atoms with Crippen molar-refractivity contribution in [1.82, 2.24) is 4.90 Å². The van der Waals surface area contributed by atoms with Gasteiger partial charge in [-0.1, -0.05) is 0 Å². The van der Waals surface area contributed by atoms with Crippen LogP contribution in [0.3, 0.4) is 0 Å². The first-order valence-corrected chi connectivity index (χ1v) is 5.40. The maximum Gasteiger partial charge on any atom is 0.351 e. The molecule has 0 radical (unpaired) electrons. The third kappa shape index (κ3) is 2.90. The molecule has 0 saturated heterocycles. The predicted molar refractivity (Wildman–Crippen MR) is 62.6 cm³/mol. The molecule has 0 spiro atoms. The fraction of sp³-hybridized carbons (Fsp3) is 0.333. The van der Waals surface area contributed by atoms with Gasteiger partial charge in [-0.3, -0.25) is 0 Å². The van der Waals surface area contributed by atoms with Crippen LogP contribution in [-0.4, -0.2) is 37.2 Å². The highest BCUT2D eigenvalue weighted by Crippen LogP contribution is 2.25. The Labute approximate surface area is 97.4 Å². The summed E-state index contributed by atoms with van der Waals surface area (Å²) in [5.74, 6) is 0.0205. The number of ether oxygens (including phenoxy) is 2. The Kier molecular flexibility index (Phi) is 4.05. The molecule has 0 aromatic carbocycles. The zero-order chi connectivity index (χ0) is 11.4. The van der Waals surface area contributed by atoms with Crippen LogP contribution in [0.4, 0.5) is 0 Å². The minimum Gasteiger partial charge on any atom is -0.465 e. The van der Waals surface area contributed by atoms with Gasteiger partial charge in [0.1, 0.15) is 0 Å². The van der Waals surface area contributed by atoms with Gasteiger partial charge < -0.3 is 14.4 Å². The number of esters is 1. The van der Waals surface area contributed by atoms with Crippen LogP contribution in [0.25, 0.3) is 0 Å². The lowest BCUT2D eigenvalue weighted by Gasteiger charge is -2.13. The van der Waals surface area contributed by atoms with Gasteiger partial charge in [-0.15, -0.1) is 11.3 Å². The van der Waals surface area contributed by atoms with Crippen molar-refractivity contribution in [2.24, 2.45) is 0 Å². The summed E-state index contributed by atoms with van der Waals surface area (Å²) >= 11 is 6.22. The molecule has 82 valence electrons. The Bertz CT molecular complexity index is 373. The minimum absolute atomic E-state index is 0.304.